The lowest BCUT2D eigenvalue weighted by molar-refractivity contribution is 0.205. The molecule has 0 aliphatic rings. The maximum atomic E-state index is 8.65. The van der Waals surface area contributed by atoms with Gasteiger partial charge >= 0.3 is 0 Å². The van der Waals surface area contributed by atoms with E-state index in [2.05, 4.69) is 16.0 Å². The second-order valence-corrected chi connectivity index (χ2v) is 3.60. The van der Waals surface area contributed by atoms with Gasteiger partial charge in [0.1, 0.15) is 18.0 Å². The largest absolute Gasteiger partial charge is 0.383 e. The summed E-state index contributed by atoms with van der Waals surface area (Å²) < 4.78 is 5.04. The van der Waals surface area contributed by atoms with Crippen LogP contribution in [0.25, 0.3) is 0 Å². The van der Waals surface area contributed by atoms with Gasteiger partial charge in [-0.05, 0) is 6.92 Å². The first-order chi connectivity index (χ1) is 8.20. The van der Waals surface area contributed by atoms with Crippen LogP contribution in [-0.2, 0) is 4.74 Å². The van der Waals surface area contributed by atoms with E-state index in [0.717, 1.165) is 11.4 Å². The van der Waals surface area contributed by atoms with Gasteiger partial charge < -0.3 is 15.4 Å². The number of nitriles is 1. The quantitative estimate of drug-likeness (QED) is 0.782. The maximum Gasteiger partial charge on any atom is 0.137 e. The normalized spacial score (nSPS) is 9.94. The number of anilines is 2. The SMILES string of the molecule is COCCN(CCC#N)c1ncnc(N)c1C. The zero-order valence-electron chi connectivity index (χ0n) is 10.2. The average molecular weight is 235 g/mol. The highest BCUT2D eigenvalue weighted by Gasteiger charge is 2.12. The molecular formula is C11H17N5O. The smallest absolute Gasteiger partial charge is 0.137 e. The summed E-state index contributed by atoms with van der Waals surface area (Å²) >= 11 is 0. The number of nitrogens with zero attached hydrogens (tertiary/aromatic N) is 4. The first-order valence-electron chi connectivity index (χ1n) is 5.38. The monoisotopic (exact) mass is 235 g/mol. The van der Waals surface area contributed by atoms with Crippen LogP contribution >= 0.6 is 0 Å². The van der Waals surface area contributed by atoms with Crippen molar-refractivity contribution in [3.8, 4) is 6.07 Å². The average Bonchev–Trinajstić information content (AvgIpc) is 2.34. The molecule has 0 saturated carbocycles. The summed E-state index contributed by atoms with van der Waals surface area (Å²) in [6.45, 7) is 3.73. The van der Waals surface area contributed by atoms with E-state index in [9.17, 15) is 0 Å². The van der Waals surface area contributed by atoms with E-state index in [-0.39, 0.29) is 0 Å². The summed E-state index contributed by atoms with van der Waals surface area (Å²) in [6, 6.07) is 2.12. The highest BCUT2D eigenvalue weighted by molar-refractivity contribution is 5.55. The predicted octanol–water partition coefficient (Wildman–Crippen LogP) is 0.734. The molecule has 0 radical (unpaired) electrons. The van der Waals surface area contributed by atoms with Crippen LogP contribution in [0.4, 0.5) is 11.6 Å². The fourth-order valence-corrected chi connectivity index (χ4v) is 1.48. The van der Waals surface area contributed by atoms with Gasteiger partial charge in [-0.2, -0.15) is 5.26 Å². The zero-order valence-corrected chi connectivity index (χ0v) is 10.2. The number of hydrogen-bond donors (Lipinski definition) is 1. The molecule has 1 aromatic heterocycles. The fraction of sp³-hybridized carbons (Fsp3) is 0.545. The molecule has 1 heterocycles. The van der Waals surface area contributed by atoms with Crippen LogP contribution in [0.15, 0.2) is 6.33 Å². The van der Waals surface area contributed by atoms with Crippen molar-refractivity contribution in [3.63, 3.8) is 0 Å². The molecular weight excluding hydrogens is 218 g/mol. The third-order valence-corrected chi connectivity index (χ3v) is 2.45. The lowest BCUT2D eigenvalue weighted by Gasteiger charge is -2.24. The van der Waals surface area contributed by atoms with Crippen LogP contribution in [0.3, 0.4) is 0 Å². The second-order valence-electron chi connectivity index (χ2n) is 3.60. The molecule has 1 aromatic rings. The summed E-state index contributed by atoms with van der Waals surface area (Å²) in [5, 5.41) is 8.65. The van der Waals surface area contributed by atoms with Gasteiger partial charge in [0.2, 0.25) is 0 Å². The summed E-state index contributed by atoms with van der Waals surface area (Å²) in [5.74, 6) is 1.24. The Bertz CT molecular complexity index is 401. The molecule has 2 N–H and O–H groups in total. The van der Waals surface area contributed by atoms with Crippen LogP contribution in [0.2, 0.25) is 0 Å². The summed E-state index contributed by atoms with van der Waals surface area (Å²) in [7, 11) is 1.64. The topological polar surface area (TPSA) is 88.1 Å². The molecule has 6 nitrogen and oxygen atoms in total. The summed E-state index contributed by atoms with van der Waals surface area (Å²) in [4.78, 5) is 10.1. The Morgan fingerprint density at radius 3 is 2.88 bits per heavy atom. The highest BCUT2D eigenvalue weighted by Crippen LogP contribution is 2.19. The molecule has 0 saturated heterocycles. The standard InChI is InChI=1S/C11H17N5O/c1-9-10(13)14-8-15-11(9)16(5-3-4-12)6-7-17-2/h8H,3,5-7H2,1-2H3,(H2,13,14,15). The Labute approximate surface area is 101 Å². The fourth-order valence-electron chi connectivity index (χ4n) is 1.48. The van der Waals surface area contributed by atoms with Gasteiger partial charge in [0, 0.05) is 25.8 Å². The zero-order chi connectivity index (χ0) is 12.7. The predicted molar refractivity (Wildman–Crippen MR) is 65.5 cm³/mol. The van der Waals surface area contributed by atoms with E-state index in [1.54, 1.807) is 7.11 Å². The first-order valence-corrected chi connectivity index (χ1v) is 5.38. The number of ether oxygens (including phenoxy) is 1. The van der Waals surface area contributed by atoms with Crippen molar-refractivity contribution in [1.82, 2.24) is 9.97 Å². The van der Waals surface area contributed by atoms with Gasteiger partial charge in [0.05, 0.1) is 19.1 Å². The van der Waals surface area contributed by atoms with E-state index in [1.165, 1.54) is 6.33 Å². The number of hydrogen-bond acceptors (Lipinski definition) is 6. The maximum absolute atomic E-state index is 8.65. The second kappa shape index (κ2) is 6.66. The molecule has 6 heteroatoms. The molecule has 0 fully saturated rings. The van der Waals surface area contributed by atoms with E-state index < -0.39 is 0 Å². The van der Waals surface area contributed by atoms with Gasteiger partial charge in [0.15, 0.2) is 0 Å². The van der Waals surface area contributed by atoms with Gasteiger partial charge in [-0.25, -0.2) is 9.97 Å². The van der Waals surface area contributed by atoms with Gasteiger partial charge in [0.25, 0.3) is 0 Å². The lowest BCUT2D eigenvalue weighted by Crippen LogP contribution is -2.30. The molecule has 0 aromatic carbocycles. The minimum Gasteiger partial charge on any atom is -0.383 e. The lowest BCUT2D eigenvalue weighted by atomic mass is 10.2. The molecule has 17 heavy (non-hydrogen) atoms. The van der Waals surface area contributed by atoms with E-state index in [4.69, 9.17) is 15.7 Å². The third kappa shape index (κ3) is 3.57. The van der Waals surface area contributed by atoms with E-state index >= 15 is 0 Å². The molecule has 0 aliphatic heterocycles. The molecule has 0 atom stereocenters. The molecule has 92 valence electrons. The Balaban J connectivity index is 2.87. The van der Waals surface area contributed by atoms with Crippen LogP contribution in [-0.4, -0.2) is 36.8 Å². The molecule has 0 bridgehead atoms. The van der Waals surface area contributed by atoms with Crippen molar-refractivity contribution in [3.05, 3.63) is 11.9 Å². The number of aromatic nitrogens is 2. The van der Waals surface area contributed by atoms with Crippen molar-refractivity contribution < 1.29 is 4.74 Å². The third-order valence-electron chi connectivity index (χ3n) is 2.45. The highest BCUT2D eigenvalue weighted by atomic mass is 16.5. The number of nitrogen functional groups attached to an aromatic ring is 1. The number of methoxy groups -OCH3 is 1. The minimum atomic E-state index is 0.438. The van der Waals surface area contributed by atoms with Crippen molar-refractivity contribution in [2.45, 2.75) is 13.3 Å². The van der Waals surface area contributed by atoms with Gasteiger partial charge in [-0.15, -0.1) is 0 Å². The summed E-state index contributed by atoms with van der Waals surface area (Å²) in [5.41, 5.74) is 6.58. The van der Waals surface area contributed by atoms with Crippen molar-refractivity contribution in [2.75, 3.05) is 37.4 Å². The van der Waals surface area contributed by atoms with E-state index in [0.29, 0.717) is 31.9 Å². The van der Waals surface area contributed by atoms with Gasteiger partial charge in [-0.1, -0.05) is 0 Å². The number of nitrogens with two attached hydrogens (primary N) is 1. The Morgan fingerprint density at radius 1 is 1.47 bits per heavy atom. The van der Waals surface area contributed by atoms with Gasteiger partial charge in [-0.3, -0.25) is 0 Å². The van der Waals surface area contributed by atoms with Crippen LogP contribution in [0, 0.1) is 18.3 Å². The minimum absolute atomic E-state index is 0.438. The Kier molecular flexibility index (Phi) is 5.17. The molecule has 1 rings (SSSR count). The molecule has 0 spiro atoms. The Morgan fingerprint density at radius 2 is 2.24 bits per heavy atom. The van der Waals surface area contributed by atoms with Crippen LogP contribution < -0.4 is 10.6 Å². The number of rotatable bonds is 6. The Hall–Kier alpha value is -1.87. The van der Waals surface area contributed by atoms with Crippen LogP contribution in [0.1, 0.15) is 12.0 Å². The molecule has 0 aliphatic carbocycles. The van der Waals surface area contributed by atoms with Crippen LogP contribution in [0.5, 0.6) is 0 Å². The van der Waals surface area contributed by atoms with Crippen molar-refractivity contribution in [1.29, 1.82) is 5.26 Å². The molecule has 0 unspecified atom stereocenters. The van der Waals surface area contributed by atoms with E-state index in [1.807, 2.05) is 11.8 Å². The van der Waals surface area contributed by atoms with Crippen molar-refractivity contribution in [2.24, 2.45) is 0 Å². The van der Waals surface area contributed by atoms with Crippen molar-refractivity contribution >= 4 is 11.6 Å². The molecule has 0 amide bonds. The summed E-state index contributed by atoms with van der Waals surface area (Å²) in [6.07, 6.45) is 1.87. The first kappa shape index (κ1) is 13.2.